The summed E-state index contributed by atoms with van der Waals surface area (Å²) in [5.74, 6) is 4.89. The second-order valence-corrected chi connectivity index (χ2v) is 24.7. The normalized spacial score (nSPS) is 24.1. The quantitative estimate of drug-likeness (QED) is 0.0840. The average Bonchev–Trinajstić information content (AvgIpc) is 3.34. The minimum atomic E-state index is 0.141. The first-order valence-corrected chi connectivity index (χ1v) is 27.7. The van der Waals surface area contributed by atoms with Crippen LogP contribution < -0.4 is 9.80 Å². The molecule has 12 rings (SSSR count). The Kier molecular flexibility index (Phi) is 12.5. The van der Waals surface area contributed by atoms with E-state index in [4.69, 9.17) is 0 Å². The molecular weight excluding hydrogens is 845 g/mol. The minimum absolute atomic E-state index is 0.141. The van der Waals surface area contributed by atoms with E-state index in [0.717, 1.165) is 17.8 Å². The monoisotopic (exact) mass is 925 g/mol. The van der Waals surface area contributed by atoms with Crippen molar-refractivity contribution >= 4 is 55.7 Å². The third-order valence-corrected chi connectivity index (χ3v) is 18.3. The number of nitrogens with zero attached hydrogens (tertiary/aromatic N) is 2. The molecule has 70 heavy (non-hydrogen) atoms. The molecule has 2 nitrogen and oxygen atoms in total. The van der Waals surface area contributed by atoms with E-state index in [2.05, 4.69) is 206 Å². The second-order valence-electron chi connectivity index (χ2n) is 24.7. The second kappa shape index (κ2) is 18.7. The first kappa shape index (κ1) is 47.0. The Morgan fingerprint density at radius 1 is 0.486 bits per heavy atom. The van der Waals surface area contributed by atoms with Crippen molar-refractivity contribution in [3.05, 3.63) is 167 Å². The standard InChI is InChI=1S/C68H80N2/c1-44(2)32-34-67(33-10-11-49(9)40-67)55-20-30-61-63(38-55)65(69(57-22-12-47(7)13-23-57)59-26-16-53(17-27-59)45(3)4)62-31-21-56(68-41-50-35-51(42-68)37-52(36-50)43-68)39-64(62)66(61)70(58-24-14-48(8)15-25-58)60-28-18-54(19-29-60)46(5)6/h12-31,38-39,44-46,49-52H,10-11,32-37,40-43H2,1-9H3. The molecule has 0 aromatic heterocycles. The molecule has 0 amide bonds. The van der Waals surface area contributed by atoms with Crippen LogP contribution in [0, 0.1) is 43.4 Å². The highest BCUT2D eigenvalue weighted by Crippen LogP contribution is 2.62. The Bertz CT molecular complexity index is 2940. The van der Waals surface area contributed by atoms with Crippen LogP contribution in [0.4, 0.5) is 34.1 Å². The SMILES string of the molecule is Cc1ccc(N(c2ccc(C(C)C)cc2)c2c3ccc(C45CC6CC(CC(C6)C4)C5)cc3c(N(c3ccc(C)cc3)c3ccc(C(C)C)cc3)c3ccc(C4(CCC(C)C)CCCC(C)C4)cc23)cc1. The molecule has 5 fully saturated rings. The Morgan fingerprint density at radius 3 is 1.31 bits per heavy atom. The van der Waals surface area contributed by atoms with Gasteiger partial charge in [0.15, 0.2) is 0 Å². The van der Waals surface area contributed by atoms with Crippen LogP contribution in [0.2, 0.25) is 0 Å². The van der Waals surface area contributed by atoms with Gasteiger partial charge in [0.25, 0.3) is 0 Å². The number of hydrogen-bond acceptors (Lipinski definition) is 2. The van der Waals surface area contributed by atoms with Crippen molar-refractivity contribution in [2.24, 2.45) is 29.6 Å². The zero-order chi connectivity index (χ0) is 48.5. The van der Waals surface area contributed by atoms with Gasteiger partial charge in [-0.05, 0) is 207 Å². The van der Waals surface area contributed by atoms with E-state index in [1.165, 1.54) is 161 Å². The maximum Gasteiger partial charge on any atom is 0.0620 e. The Morgan fingerprint density at radius 2 is 0.900 bits per heavy atom. The molecule has 7 aromatic carbocycles. The van der Waals surface area contributed by atoms with E-state index in [-0.39, 0.29) is 10.8 Å². The summed E-state index contributed by atoms with van der Waals surface area (Å²) in [7, 11) is 0. The van der Waals surface area contributed by atoms with E-state index in [0.29, 0.717) is 23.7 Å². The van der Waals surface area contributed by atoms with Gasteiger partial charge in [0.1, 0.15) is 0 Å². The van der Waals surface area contributed by atoms with Gasteiger partial charge in [-0.25, -0.2) is 0 Å². The highest BCUT2D eigenvalue weighted by Gasteiger charge is 2.52. The number of hydrogen-bond donors (Lipinski definition) is 0. The molecule has 0 aliphatic heterocycles. The molecule has 2 atom stereocenters. The zero-order valence-corrected chi connectivity index (χ0v) is 44.1. The summed E-state index contributed by atoms with van der Waals surface area (Å²) < 4.78 is 0. The molecule has 7 aromatic rings. The lowest BCUT2D eigenvalue weighted by Gasteiger charge is -2.57. The number of aryl methyl sites for hydroxylation is 2. The molecule has 5 aliphatic rings. The van der Waals surface area contributed by atoms with Crippen LogP contribution >= 0.6 is 0 Å². The molecule has 2 unspecified atom stereocenters. The van der Waals surface area contributed by atoms with Crippen molar-refractivity contribution in [2.45, 2.75) is 162 Å². The Hall–Kier alpha value is -5.34. The summed E-state index contributed by atoms with van der Waals surface area (Å²) in [5, 5.41) is 5.34. The van der Waals surface area contributed by atoms with Gasteiger partial charge in [0.2, 0.25) is 0 Å². The van der Waals surface area contributed by atoms with Gasteiger partial charge in [0.05, 0.1) is 11.4 Å². The molecule has 2 heteroatoms. The Labute approximate surface area is 421 Å². The lowest BCUT2D eigenvalue weighted by molar-refractivity contribution is -0.00512. The van der Waals surface area contributed by atoms with Crippen molar-refractivity contribution in [3.63, 3.8) is 0 Å². The van der Waals surface area contributed by atoms with Crippen LogP contribution in [-0.4, -0.2) is 0 Å². The predicted molar refractivity (Wildman–Crippen MR) is 302 cm³/mol. The fraction of sp³-hybridized carbons (Fsp3) is 0.441. The van der Waals surface area contributed by atoms with Crippen LogP contribution in [0.15, 0.2) is 133 Å². The van der Waals surface area contributed by atoms with Crippen molar-refractivity contribution < 1.29 is 0 Å². The molecule has 0 radical (unpaired) electrons. The molecule has 0 N–H and O–H groups in total. The van der Waals surface area contributed by atoms with Crippen molar-refractivity contribution in [1.82, 2.24) is 0 Å². The van der Waals surface area contributed by atoms with Gasteiger partial charge in [0, 0.05) is 44.3 Å². The number of anilines is 6. The number of rotatable bonds is 13. The van der Waals surface area contributed by atoms with E-state index in [1.807, 2.05) is 0 Å². The van der Waals surface area contributed by atoms with Gasteiger partial charge in [-0.15, -0.1) is 0 Å². The van der Waals surface area contributed by atoms with Crippen LogP contribution in [0.5, 0.6) is 0 Å². The molecule has 0 heterocycles. The third kappa shape index (κ3) is 8.68. The van der Waals surface area contributed by atoms with Crippen molar-refractivity contribution in [1.29, 1.82) is 0 Å². The van der Waals surface area contributed by atoms with Crippen LogP contribution in [0.3, 0.4) is 0 Å². The zero-order valence-electron chi connectivity index (χ0n) is 44.1. The third-order valence-electron chi connectivity index (χ3n) is 18.3. The van der Waals surface area contributed by atoms with Gasteiger partial charge < -0.3 is 9.80 Å². The van der Waals surface area contributed by atoms with E-state index >= 15 is 0 Å². The number of fused-ring (bicyclic) bond motifs is 2. The molecule has 5 aliphatic carbocycles. The summed E-state index contributed by atoms with van der Waals surface area (Å²) >= 11 is 0. The summed E-state index contributed by atoms with van der Waals surface area (Å²) in [6.45, 7) is 21.1. The minimum Gasteiger partial charge on any atom is -0.309 e. The van der Waals surface area contributed by atoms with Crippen LogP contribution in [-0.2, 0) is 10.8 Å². The largest absolute Gasteiger partial charge is 0.309 e. The average molecular weight is 925 g/mol. The molecule has 0 spiro atoms. The number of benzene rings is 7. The van der Waals surface area contributed by atoms with Gasteiger partial charge in [-0.2, -0.15) is 0 Å². The van der Waals surface area contributed by atoms with Crippen molar-refractivity contribution in [3.8, 4) is 0 Å². The molecule has 362 valence electrons. The lowest BCUT2D eigenvalue weighted by atomic mass is 9.48. The van der Waals surface area contributed by atoms with E-state index < -0.39 is 0 Å². The highest BCUT2D eigenvalue weighted by molar-refractivity contribution is 6.23. The van der Waals surface area contributed by atoms with Gasteiger partial charge in [-0.3, -0.25) is 0 Å². The lowest BCUT2D eigenvalue weighted by Crippen LogP contribution is -2.48. The maximum atomic E-state index is 2.74. The molecular formula is C68H80N2. The topological polar surface area (TPSA) is 6.48 Å². The predicted octanol–water partition coefficient (Wildman–Crippen LogP) is 20.1. The molecule has 5 saturated carbocycles. The Balaban J connectivity index is 1.28. The van der Waals surface area contributed by atoms with Crippen LogP contribution in [0.25, 0.3) is 21.5 Å². The first-order valence-electron chi connectivity index (χ1n) is 27.7. The van der Waals surface area contributed by atoms with Crippen molar-refractivity contribution in [2.75, 3.05) is 9.80 Å². The van der Waals surface area contributed by atoms with Gasteiger partial charge in [-0.1, -0.05) is 152 Å². The summed E-state index contributed by atoms with van der Waals surface area (Å²) in [6, 6.07) is 53.7. The first-order chi connectivity index (χ1) is 33.8. The highest BCUT2D eigenvalue weighted by atomic mass is 15.2. The molecule has 4 bridgehead atoms. The summed E-state index contributed by atoms with van der Waals surface area (Å²) in [5.41, 5.74) is 16.2. The summed E-state index contributed by atoms with van der Waals surface area (Å²) in [4.78, 5) is 5.29. The van der Waals surface area contributed by atoms with Gasteiger partial charge >= 0.3 is 0 Å². The smallest absolute Gasteiger partial charge is 0.0620 e. The maximum absolute atomic E-state index is 2.74. The summed E-state index contributed by atoms with van der Waals surface area (Å²) in [6.07, 6.45) is 16.0. The fourth-order valence-electron chi connectivity index (χ4n) is 14.9. The van der Waals surface area contributed by atoms with E-state index in [1.54, 1.807) is 5.56 Å². The molecule has 0 saturated heterocycles. The fourth-order valence-corrected chi connectivity index (χ4v) is 14.9. The van der Waals surface area contributed by atoms with Crippen LogP contribution in [0.1, 0.15) is 171 Å². The van der Waals surface area contributed by atoms with E-state index in [9.17, 15) is 0 Å².